The summed E-state index contributed by atoms with van der Waals surface area (Å²) in [5.74, 6) is -0.116. The molecule has 3 aromatic carbocycles. The van der Waals surface area contributed by atoms with E-state index in [9.17, 15) is 9.59 Å². The second-order valence-corrected chi connectivity index (χ2v) is 8.79. The van der Waals surface area contributed by atoms with Crippen molar-refractivity contribution < 1.29 is 33.3 Å². The summed E-state index contributed by atoms with van der Waals surface area (Å²) in [6, 6.07) is 22.7. The predicted molar refractivity (Wildman–Crippen MR) is 145 cm³/mol. The highest BCUT2D eigenvalue weighted by atomic mass is 16.5. The highest BCUT2D eigenvalue weighted by molar-refractivity contribution is 5.98. The molecule has 1 aliphatic heterocycles. The van der Waals surface area contributed by atoms with Crippen molar-refractivity contribution in [1.29, 1.82) is 0 Å². The van der Waals surface area contributed by atoms with E-state index in [2.05, 4.69) is 0 Å². The molecular weight excluding hydrogens is 498 g/mol. The lowest BCUT2D eigenvalue weighted by Gasteiger charge is -2.30. The molecular formula is C31H31NO7. The summed E-state index contributed by atoms with van der Waals surface area (Å²) in [4.78, 5) is 27.8. The number of benzene rings is 3. The minimum Gasteiger partial charge on any atom is -0.497 e. The number of hydrogen-bond donors (Lipinski definition) is 0. The fraction of sp³-hybridized carbons (Fsp3) is 0.226. The molecule has 0 N–H and O–H groups in total. The van der Waals surface area contributed by atoms with Crippen LogP contribution in [0.4, 0.5) is 0 Å². The maximum absolute atomic E-state index is 13.0. The molecule has 1 heterocycles. The monoisotopic (exact) mass is 529 g/mol. The maximum atomic E-state index is 13.0. The molecule has 0 saturated carbocycles. The molecule has 0 aromatic heterocycles. The fourth-order valence-electron chi connectivity index (χ4n) is 4.40. The van der Waals surface area contributed by atoms with Crippen molar-refractivity contribution in [2.24, 2.45) is 0 Å². The molecule has 1 aliphatic rings. The predicted octanol–water partition coefficient (Wildman–Crippen LogP) is 5.00. The largest absolute Gasteiger partial charge is 0.497 e. The average Bonchev–Trinajstić information content (AvgIpc) is 2.99. The van der Waals surface area contributed by atoms with Gasteiger partial charge in [0, 0.05) is 18.9 Å². The third-order valence-electron chi connectivity index (χ3n) is 6.36. The molecule has 0 saturated heterocycles. The summed E-state index contributed by atoms with van der Waals surface area (Å²) in [7, 11) is 5.77. The second-order valence-electron chi connectivity index (χ2n) is 8.79. The van der Waals surface area contributed by atoms with E-state index in [1.807, 2.05) is 54.6 Å². The molecule has 0 bridgehead atoms. The van der Waals surface area contributed by atoms with Crippen LogP contribution in [0.5, 0.6) is 17.2 Å². The van der Waals surface area contributed by atoms with E-state index in [1.54, 1.807) is 49.7 Å². The molecule has 0 aliphatic carbocycles. The molecule has 3 aromatic rings. The number of carbonyl (C=O) groups is 2. The number of nitrogens with zero attached hydrogens (tertiary/aromatic N) is 1. The Hall–Kier alpha value is -4.72. The number of methoxy groups -OCH3 is 4. The van der Waals surface area contributed by atoms with Gasteiger partial charge < -0.3 is 28.6 Å². The van der Waals surface area contributed by atoms with Gasteiger partial charge in [0.05, 0.1) is 45.5 Å². The fourth-order valence-corrected chi connectivity index (χ4v) is 4.40. The lowest BCUT2D eigenvalue weighted by molar-refractivity contribution is -0.137. The first-order valence-electron chi connectivity index (χ1n) is 12.3. The maximum Gasteiger partial charge on any atom is 0.336 e. The van der Waals surface area contributed by atoms with E-state index in [4.69, 9.17) is 23.7 Å². The van der Waals surface area contributed by atoms with Crippen LogP contribution in [0.3, 0.4) is 0 Å². The van der Waals surface area contributed by atoms with E-state index in [1.165, 1.54) is 14.2 Å². The topological polar surface area (TPSA) is 83.5 Å². The Labute approximate surface area is 228 Å². The first kappa shape index (κ1) is 27.3. The second kappa shape index (κ2) is 12.7. The minimum absolute atomic E-state index is 0.286. The van der Waals surface area contributed by atoms with Crippen LogP contribution in [-0.4, -0.2) is 45.3 Å². The van der Waals surface area contributed by atoms with Crippen molar-refractivity contribution in [2.75, 3.05) is 28.4 Å². The zero-order valence-electron chi connectivity index (χ0n) is 22.4. The molecule has 8 heteroatoms. The molecule has 0 unspecified atom stereocenters. The van der Waals surface area contributed by atoms with Gasteiger partial charge in [-0.3, -0.25) is 0 Å². The van der Waals surface area contributed by atoms with Crippen molar-refractivity contribution in [3.63, 3.8) is 0 Å². The lowest BCUT2D eigenvalue weighted by atomic mass is 9.83. The number of hydrogen-bond acceptors (Lipinski definition) is 8. The quantitative estimate of drug-likeness (QED) is 0.340. The van der Waals surface area contributed by atoms with Crippen LogP contribution in [-0.2, 0) is 32.2 Å². The molecule has 0 fully saturated rings. The summed E-state index contributed by atoms with van der Waals surface area (Å²) in [6.07, 6.45) is 3.39. The third kappa shape index (κ3) is 6.41. The Morgan fingerprint density at radius 2 is 1.36 bits per heavy atom. The average molecular weight is 530 g/mol. The Morgan fingerprint density at radius 1 is 0.718 bits per heavy atom. The molecule has 0 radical (unpaired) electrons. The van der Waals surface area contributed by atoms with Crippen molar-refractivity contribution in [3.05, 3.63) is 113 Å². The molecule has 0 atom stereocenters. The van der Waals surface area contributed by atoms with Crippen molar-refractivity contribution >= 4 is 11.9 Å². The van der Waals surface area contributed by atoms with Gasteiger partial charge >= 0.3 is 11.9 Å². The van der Waals surface area contributed by atoms with Crippen LogP contribution < -0.4 is 14.2 Å². The third-order valence-corrected chi connectivity index (χ3v) is 6.36. The van der Waals surface area contributed by atoms with Crippen molar-refractivity contribution in [1.82, 2.24) is 4.90 Å². The van der Waals surface area contributed by atoms with Crippen LogP contribution >= 0.6 is 0 Å². The summed E-state index contributed by atoms with van der Waals surface area (Å²) in [5, 5.41) is 0. The molecule has 0 spiro atoms. The number of rotatable bonds is 10. The van der Waals surface area contributed by atoms with Gasteiger partial charge in [-0.15, -0.1) is 0 Å². The SMILES string of the molecule is COC(=O)C1=CN(Cc2ccc(OC)cc2)C=C(C(=O)OC)C1c1ccc(OCc2ccccc2)c(OC)c1. The van der Waals surface area contributed by atoms with E-state index in [0.29, 0.717) is 30.2 Å². The Bertz CT molecular complexity index is 1330. The van der Waals surface area contributed by atoms with Crippen LogP contribution in [0, 0.1) is 0 Å². The van der Waals surface area contributed by atoms with E-state index >= 15 is 0 Å². The zero-order chi connectivity index (χ0) is 27.8. The van der Waals surface area contributed by atoms with Crippen molar-refractivity contribution in [2.45, 2.75) is 19.1 Å². The highest BCUT2D eigenvalue weighted by Crippen LogP contribution is 2.41. The van der Waals surface area contributed by atoms with E-state index < -0.39 is 17.9 Å². The summed E-state index contributed by atoms with van der Waals surface area (Å²) in [5.41, 5.74) is 3.19. The Balaban J connectivity index is 1.68. The molecule has 202 valence electrons. The molecule has 0 amide bonds. The van der Waals surface area contributed by atoms with Gasteiger partial charge in [-0.25, -0.2) is 9.59 Å². The van der Waals surface area contributed by atoms with E-state index in [0.717, 1.165) is 16.9 Å². The van der Waals surface area contributed by atoms with E-state index in [-0.39, 0.29) is 11.1 Å². The number of esters is 2. The zero-order valence-corrected chi connectivity index (χ0v) is 22.4. The first-order valence-corrected chi connectivity index (χ1v) is 12.3. The number of carbonyl (C=O) groups excluding carboxylic acids is 2. The number of ether oxygens (including phenoxy) is 5. The van der Waals surface area contributed by atoms with Crippen molar-refractivity contribution in [3.8, 4) is 17.2 Å². The van der Waals surface area contributed by atoms with Gasteiger partial charge in [0.25, 0.3) is 0 Å². The molecule has 39 heavy (non-hydrogen) atoms. The summed E-state index contributed by atoms with van der Waals surface area (Å²) < 4.78 is 27.1. The minimum atomic E-state index is -0.742. The highest BCUT2D eigenvalue weighted by Gasteiger charge is 2.35. The van der Waals surface area contributed by atoms with Crippen LogP contribution in [0.25, 0.3) is 0 Å². The smallest absolute Gasteiger partial charge is 0.336 e. The van der Waals surface area contributed by atoms with Gasteiger partial charge in [-0.1, -0.05) is 48.5 Å². The van der Waals surface area contributed by atoms with Gasteiger partial charge in [0.1, 0.15) is 12.4 Å². The normalized spacial score (nSPS) is 13.2. The molecule has 8 nitrogen and oxygen atoms in total. The first-order chi connectivity index (χ1) is 19.0. The Morgan fingerprint density at radius 3 is 1.92 bits per heavy atom. The summed E-state index contributed by atoms with van der Waals surface area (Å²) >= 11 is 0. The lowest BCUT2D eigenvalue weighted by Crippen LogP contribution is -2.28. The van der Waals surface area contributed by atoms with Gasteiger partial charge in [0.15, 0.2) is 11.5 Å². The van der Waals surface area contributed by atoms with Crippen LogP contribution in [0.15, 0.2) is 96.3 Å². The van der Waals surface area contributed by atoms with Gasteiger partial charge in [-0.2, -0.15) is 0 Å². The van der Waals surface area contributed by atoms with Gasteiger partial charge in [0.2, 0.25) is 0 Å². The standard InChI is InChI=1S/C31H31NO7/c1-35-24-13-10-21(11-14-24)17-32-18-25(30(33)37-3)29(26(19-32)31(34)38-4)23-12-15-27(28(16-23)36-2)39-20-22-8-6-5-7-9-22/h5-16,18-19,29H,17,20H2,1-4H3. The molecule has 4 rings (SSSR count). The van der Waals surface area contributed by atoms with Crippen LogP contribution in [0.2, 0.25) is 0 Å². The van der Waals surface area contributed by atoms with Crippen LogP contribution in [0.1, 0.15) is 22.6 Å². The Kier molecular flexibility index (Phi) is 8.89. The van der Waals surface area contributed by atoms with Gasteiger partial charge in [-0.05, 0) is 41.0 Å². The summed E-state index contributed by atoms with van der Waals surface area (Å²) in [6.45, 7) is 0.772.